The van der Waals surface area contributed by atoms with E-state index in [0.717, 1.165) is 31.9 Å². The van der Waals surface area contributed by atoms with E-state index < -0.39 is 0 Å². The first-order valence-electron chi connectivity index (χ1n) is 9.60. The predicted octanol–water partition coefficient (Wildman–Crippen LogP) is 2.19. The van der Waals surface area contributed by atoms with Gasteiger partial charge in [-0.15, -0.1) is 0 Å². The number of benzene rings is 1. The highest BCUT2D eigenvalue weighted by Gasteiger charge is 2.22. The fraction of sp³-hybridized carbons (Fsp3) is 0.429. The van der Waals surface area contributed by atoms with Gasteiger partial charge in [0.05, 0.1) is 13.2 Å². The third kappa shape index (κ3) is 4.06. The first-order chi connectivity index (χ1) is 13.2. The number of aryl methyl sites for hydroxylation is 1. The standard InChI is InChI=1S/C21H26N4O2/c1-17-3-2-4-18(15-17)23-7-9-24(10-8-23)19-5-6-22-20(16-19)21(26)25-11-13-27-14-12-25/h2-6,15-16H,7-14H2,1H3. The van der Waals surface area contributed by atoms with Crippen LogP contribution in [-0.2, 0) is 4.74 Å². The molecular formula is C21H26N4O2. The van der Waals surface area contributed by atoms with Crippen molar-refractivity contribution < 1.29 is 9.53 Å². The van der Waals surface area contributed by atoms with Crippen LogP contribution < -0.4 is 9.80 Å². The zero-order valence-electron chi connectivity index (χ0n) is 15.8. The van der Waals surface area contributed by atoms with E-state index in [-0.39, 0.29) is 5.91 Å². The summed E-state index contributed by atoms with van der Waals surface area (Å²) in [4.78, 5) is 23.6. The van der Waals surface area contributed by atoms with Crippen LogP contribution >= 0.6 is 0 Å². The van der Waals surface area contributed by atoms with Gasteiger partial charge in [0.2, 0.25) is 0 Å². The summed E-state index contributed by atoms with van der Waals surface area (Å²) in [5.74, 6) is -0.00135. The van der Waals surface area contributed by atoms with Gasteiger partial charge in [0, 0.05) is 56.8 Å². The number of pyridine rings is 1. The second-order valence-corrected chi connectivity index (χ2v) is 7.12. The zero-order valence-corrected chi connectivity index (χ0v) is 15.8. The molecule has 2 aliphatic heterocycles. The molecular weight excluding hydrogens is 340 g/mol. The minimum atomic E-state index is -0.00135. The second-order valence-electron chi connectivity index (χ2n) is 7.12. The van der Waals surface area contributed by atoms with Gasteiger partial charge in [0.25, 0.3) is 5.91 Å². The molecule has 0 bridgehead atoms. The highest BCUT2D eigenvalue weighted by molar-refractivity contribution is 5.93. The lowest BCUT2D eigenvalue weighted by Crippen LogP contribution is -2.46. The van der Waals surface area contributed by atoms with Gasteiger partial charge in [-0.05, 0) is 36.8 Å². The highest BCUT2D eigenvalue weighted by Crippen LogP contribution is 2.22. The van der Waals surface area contributed by atoms with Crippen LogP contribution in [0.25, 0.3) is 0 Å². The van der Waals surface area contributed by atoms with Crippen molar-refractivity contribution >= 4 is 17.3 Å². The van der Waals surface area contributed by atoms with Crippen molar-refractivity contribution in [1.29, 1.82) is 0 Å². The minimum absolute atomic E-state index is 0.00135. The first-order valence-corrected chi connectivity index (χ1v) is 9.60. The predicted molar refractivity (Wildman–Crippen MR) is 107 cm³/mol. The maximum absolute atomic E-state index is 12.7. The Balaban J connectivity index is 1.42. The SMILES string of the molecule is Cc1cccc(N2CCN(c3ccnc(C(=O)N4CCOCC4)c3)CC2)c1. The molecule has 2 fully saturated rings. The molecule has 1 amide bonds. The molecule has 3 heterocycles. The Morgan fingerprint density at radius 1 is 0.926 bits per heavy atom. The number of morpholine rings is 1. The lowest BCUT2D eigenvalue weighted by molar-refractivity contribution is 0.0299. The summed E-state index contributed by atoms with van der Waals surface area (Å²) in [5.41, 5.74) is 4.17. The zero-order chi connectivity index (χ0) is 18.6. The van der Waals surface area contributed by atoms with Crippen LogP contribution in [0.1, 0.15) is 16.1 Å². The number of carbonyl (C=O) groups excluding carboxylic acids is 1. The molecule has 27 heavy (non-hydrogen) atoms. The highest BCUT2D eigenvalue weighted by atomic mass is 16.5. The summed E-state index contributed by atoms with van der Waals surface area (Å²) in [6.07, 6.45) is 1.75. The Morgan fingerprint density at radius 2 is 1.59 bits per heavy atom. The summed E-state index contributed by atoms with van der Waals surface area (Å²) in [5, 5.41) is 0. The Morgan fingerprint density at radius 3 is 2.26 bits per heavy atom. The third-order valence-corrected chi connectivity index (χ3v) is 5.27. The lowest BCUT2D eigenvalue weighted by Gasteiger charge is -2.37. The van der Waals surface area contributed by atoms with Gasteiger partial charge in [-0.3, -0.25) is 9.78 Å². The van der Waals surface area contributed by atoms with Gasteiger partial charge in [-0.1, -0.05) is 12.1 Å². The number of anilines is 2. The molecule has 142 valence electrons. The number of hydrogen-bond donors (Lipinski definition) is 0. The molecule has 6 heteroatoms. The van der Waals surface area contributed by atoms with Crippen molar-refractivity contribution in [2.45, 2.75) is 6.92 Å². The molecule has 2 saturated heterocycles. The van der Waals surface area contributed by atoms with E-state index in [1.807, 2.05) is 17.0 Å². The van der Waals surface area contributed by atoms with Crippen LogP contribution in [0.5, 0.6) is 0 Å². The average Bonchev–Trinajstić information content (AvgIpc) is 2.74. The van der Waals surface area contributed by atoms with Crippen molar-refractivity contribution in [3.05, 3.63) is 53.9 Å². The van der Waals surface area contributed by atoms with Gasteiger partial charge in [-0.25, -0.2) is 0 Å². The molecule has 4 rings (SSSR count). The fourth-order valence-electron chi connectivity index (χ4n) is 3.71. The number of rotatable bonds is 3. The Hall–Kier alpha value is -2.60. The van der Waals surface area contributed by atoms with Gasteiger partial charge >= 0.3 is 0 Å². The van der Waals surface area contributed by atoms with Crippen molar-refractivity contribution in [2.24, 2.45) is 0 Å². The van der Waals surface area contributed by atoms with Gasteiger partial charge in [-0.2, -0.15) is 0 Å². The number of ether oxygens (including phenoxy) is 1. The molecule has 1 aromatic heterocycles. The van der Waals surface area contributed by atoms with E-state index >= 15 is 0 Å². The Bertz CT molecular complexity index is 796. The van der Waals surface area contributed by atoms with E-state index in [4.69, 9.17) is 4.74 Å². The molecule has 0 spiro atoms. The average molecular weight is 366 g/mol. The Labute approximate surface area is 160 Å². The number of amides is 1. The van der Waals surface area contributed by atoms with Crippen LogP contribution in [0, 0.1) is 6.92 Å². The lowest BCUT2D eigenvalue weighted by atomic mass is 10.2. The van der Waals surface area contributed by atoms with E-state index in [2.05, 4.69) is 46.0 Å². The third-order valence-electron chi connectivity index (χ3n) is 5.27. The molecule has 0 radical (unpaired) electrons. The second kappa shape index (κ2) is 7.96. The summed E-state index contributed by atoms with van der Waals surface area (Å²) in [6.45, 7) is 8.42. The summed E-state index contributed by atoms with van der Waals surface area (Å²) in [6, 6.07) is 12.6. The van der Waals surface area contributed by atoms with E-state index in [1.165, 1.54) is 11.3 Å². The number of piperazine rings is 1. The van der Waals surface area contributed by atoms with Crippen LogP contribution in [0.4, 0.5) is 11.4 Å². The molecule has 0 unspecified atom stereocenters. The van der Waals surface area contributed by atoms with Crippen LogP contribution in [0.15, 0.2) is 42.6 Å². The topological polar surface area (TPSA) is 48.9 Å². The van der Waals surface area contributed by atoms with Crippen molar-refractivity contribution in [1.82, 2.24) is 9.88 Å². The van der Waals surface area contributed by atoms with Gasteiger partial charge < -0.3 is 19.4 Å². The maximum atomic E-state index is 12.7. The largest absolute Gasteiger partial charge is 0.378 e. The Kier molecular flexibility index (Phi) is 5.25. The quantitative estimate of drug-likeness (QED) is 0.833. The van der Waals surface area contributed by atoms with Gasteiger partial charge in [0.1, 0.15) is 5.69 Å². The van der Waals surface area contributed by atoms with Crippen LogP contribution in [0.3, 0.4) is 0 Å². The van der Waals surface area contributed by atoms with E-state index in [0.29, 0.717) is 32.0 Å². The number of hydrogen-bond acceptors (Lipinski definition) is 5. The summed E-state index contributed by atoms with van der Waals surface area (Å²) >= 11 is 0. The first kappa shape index (κ1) is 17.8. The normalized spacial score (nSPS) is 17.9. The molecule has 0 aliphatic carbocycles. The van der Waals surface area contributed by atoms with Crippen molar-refractivity contribution in [2.75, 3.05) is 62.3 Å². The molecule has 2 aliphatic rings. The minimum Gasteiger partial charge on any atom is -0.378 e. The van der Waals surface area contributed by atoms with Crippen molar-refractivity contribution in [3.63, 3.8) is 0 Å². The maximum Gasteiger partial charge on any atom is 0.272 e. The number of carbonyl (C=O) groups is 1. The molecule has 2 aromatic rings. The van der Waals surface area contributed by atoms with Gasteiger partial charge in [0.15, 0.2) is 0 Å². The van der Waals surface area contributed by atoms with Crippen LogP contribution in [0.2, 0.25) is 0 Å². The van der Waals surface area contributed by atoms with E-state index in [1.54, 1.807) is 6.20 Å². The van der Waals surface area contributed by atoms with Crippen molar-refractivity contribution in [3.8, 4) is 0 Å². The van der Waals surface area contributed by atoms with E-state index in [9.17, 15) is 4.79 Å². The fourth-order valence-corrected chi connectivity index (χ4v) is 3.71. The molecule has 0 saturated carbocycles. The molecule has 1 aromatic carbocycles. The monoisotopic (exact) mass is 366 g/mol. The molecule has 6 nitrogen and oxygen atoms in total. The molecule has 0 N–H and O–H groups in total. The number of nitrogens with zero attached hydrogens (tertiary/aromatic N) is 4. The smallest absolute Gasteiger partial charge is 0.272 e. The number of aromatic nitrogens is 1. The molecule has 0 atom stereocenters. The van der Waals surface area contributed by atoms with Crippen LogP contribution in [-0.4, -0.2) is 68.3 Å². The summed E-state index contributed by atoms with van der Waals surface area (Å²) in [7, 11) is 0. The summed E-state index contributed by atoms with van der Waals surface area (Å²) < 4.78 is 5.33.